The van der Waals surface area contributed by atoms with Crippen LogP contribution < -0.4 is 10.1 Å². The first-order chi connectivity index (χ1) is 12.6. The van der Waals surface area contributed by atoms with E-state index in [2.05, 4.69) is 22.1 Å². The lowest BCUT2D eigenvalue weighted by atomic mass is 10.2. The van der Waals surface area contributed by atoms with Gasteiger partial charge in [-0.2, -0.15) is 0 Å². The molecule has 3 rings (SSSR count). The first-order valence-electron chi connectivity index (χ1n) is 9.31. The van der Waals surface area contributed by atoms with Gasteiger partial charge in [-0.15, -0.1) is 11.3 Å². The Hall–Kier alpha value is -1.92. The van der Waals surface area contributed by atoms with Crippen LogP contribution in [0.25, 0.3) is 10.6 Å². The molecule has 1 N–H and O–H groups in total. The van der Waals surface area contributed by atoms with Crippen LogP contribution in [0.5, 0.6) is 5.75 Å². The molecular weight excluding hydrogens is 346 g/mol. The van der Waals surface area contributed by atoms with Crippen molar-refractivity contribution in [3.05, 3.63) is 35.3 Å². The zero-order valence-electron chi connectivity index (χ0n) is 15.7. The minimum absolute atomic E-state index is 0.0878. The largest absolute Gasteiger partial charge is 0.491 e. The van der Waals surface area contributed by atoms with Gasteiger partial charge in [0.2, 0.25) is 0 Å². The summed E-state index contributed by atoms with van der Waals surface area (Å²) in [4.78, 5) is 19.3. The summed E-state index contributed by atoms with van der Waals surface area (Å²) in [6.07, 6.45) is 2.52. The van der Waals surface area contributed by atoms with Crippen molar-refractivity contribution in [3.8, 4) is 16.3 Å². The molecule has 1 atom stereocenters. The second-order valence-electron chi connectivity index (χ2n) is 6.86. The summed E-state index contributed by atoms with van der Waals surface area (Å²) in [5, 5.41) is 5.72. The molecule has 140 valence electrons. The quantitative estimate of drug-likeness (QED) is 0.802. The van der Waals surface area contributed by atoms with E-state index in [0.29, 0.717) is 18.3 Å². The van der Waals surface area contributed by atoms with Gasteiger partial charge in [0.15, 0.2) is 0 Å². The summed E-state index contributed by atoms with van der Waals surface area (Å²) in [5.74, 6) is 0.755. The van der Waals surface area contributed by atoms with Crippen LogP contribution in [0.2, 0.25) is 0 Å². The highest BCUT2D eigenvalue weighted by Crippen LogP contribution is 2.26. The predicted octanol–water partition coefficient (Wildman–Crippen LogP) is 3.81. The van der Waals surface area contributed by atoms with Gasteiger partial charge in [-0.3, -0.25) is 9.69 Å². The van der Waals surface area contributed by atoms with Crippen molar-refractivity contribution in [1.82, 2.24) is 15.2 Å². The third-order valence-electron chi connectivity index (χ3n) is 4.61. The van der Waals surface area contributed by atoms with Crippen LogP contribution in [0.3, 0.4) is 0 Å². The van der Waals surface area contributed by atoms with Crippen molar-refractivity contribution in [2.75, 3.05) is 19.6 Å². The van der Waals surface area contributed by atoms with E-state index < -0.39 is 0 Å². The lowest BCUT2D eigenvalue weighted by molar-refractivity contribution is 0.0937. The smallest absolute Gasteiger partial charge is 0.270 e. The zero-order valence-corrected chi connectivity index (χ0v) is 16.5. The number of thiazole rings is 1. The first-order valence-corrected chi connectivity index (χ1v) is 10.2. The number of ether oxygens (including phenoxy) is 1. The fourth-order valence-electron chi connectivity index (χ4n) is 3.30. The zero-order chi connectivity index (χ0) is 18.5. The number of carbonyl (C=O) groups excluding carboxylic acids is 1. The van der Waals surface area contributed by atoms with Crippen LogP contribution in [-0.2, 0) is 0 Å². The van der Waals surface area contributed by atoms with Crippen LogP contribution in [-0.4, -0.2) is 47.6 Å². The topological polar surface area (TPSA) is 54.5 Å². The average molecular weight is 374 g/mol. The number of benzene rings is 1. The van der Waals surface area contributed by atoms with Gasteiger partial charge in [0.1, 0.15) is 16.5 Å². The van der Waals surface area contributed by atoms with E-state index in [1.54, 1.807) is 0 Å². The molecule has 0 aliphatic carbocycles. The fourth-order valence-corrected chi connectivity index (χ4v) is 4.11. The highest BCUT2D eigenvalue weighted by Gasteiger charge is 2.23. The summed E-state index contributed by atoms with van der Waals surface area (Å²) in [6.45, 7) is 9.05. The molecule has 0 saturated carbocycles. The van der Waals surface area contributed by atoms with Crippen LogP contribution in [0.1, 0.15) is 44.1 Å². The van der Waals surface area contributed by atoms with E-state index >= 15 is 0 Å². The van der Waals surface area contributed by atoms with Gasteiger partial charge in [0, 0.05) is 23.5 Å². The van der Waals surface area contributed by atoms with Crippen molar-refractivity contribution < 1.29 is 9.53 Å². The summed E-state index contributed by atoms with van der Waals surface area (Å²) in [6, 6.07) is 8.30. The minimum Gasteiger partial charge on any atom is -0.491 e. The van der Waals surface area contributed by atoms with Crippen molar-refractivity contribution >= 4 is 17.2 Å². The standard InChI is InChI=1S/C20H27N3O2S/c1-4-23-11-5-6-16(23)12-21-19(24)18-13-26-20(22-18)15-7-9-17(10-8-15)25-14(2)3/h7-10,13-14,16H,4-6,11-12H2,1-3H3,(H,21,24). The van der Waals surface area contributed by atoms with Gasteiger partial charge in [0.05, 0.1) is 6.10 Å². The van der Waals surface area contributed by atoms with Gasteiger partial charge in [-0.25, -0.2) is 4.98 Å². The Balaban J connectivity index is 1.59. The molecular formula is C20H27N3O2S. The molecule has 1 fully saturated rings. The predicted molar refractivity (Wildman–Crippen MR) is 106 cm³/mol. The molecule has 6 heteroatoms. The summed E-state index contributed by atoms with van der Waals surface area (Å²) in [5.41, 5.74) is 1.49. The molecule has 2 aromatic rings. The van der Waals surface area contributed by atoms with Crippen LogP contribution in [0.4, 0.5) is 0 Å². The average Bonchev–Trinajstić information content (AvgIpc) is 3.29. The van der Waals surface area contributed by atoms with E-state index in [1.807, 2.05) is 43.5 Å². The van der Waals surface area contributed by atoms with Gasteiger partial charge in [-0.1, -0.05) is 6.92 Å². The number of carbonyl (C=O) groups is 1. The molecule has 2 heterocycles. The molecule has 0 radical (unpaired) electrons. The Labute approximate surface area is 159 Å². The molecule has 1 saturated heterocycles. The highest BCUT2D eigenvalue weighted by molar-refractivity contribution is 7.13. The van der Waals surface area contributed by atoms with Gasteiger partial charge in [0.25, 0.3) is 5.91 Å². The molecule has 1 amide bonds. The lowest BCUT2D eigenvalue weighted by Crippen LogP contribution is -2.40. The second-order valence-corrected chi connectivity index (χ2v) is 7.72. The summed E-state index contributed by atoms with van der Waals surface area (Å²) in [7, 11) is 0. The van der Waals surface area contributed by atoms with Crippen molar-refractivity contribution in [2.45, 2.75) is 45.8 Å². The molecule has 5 nitrogen and oxygen atoms in total. The molecule has 1 unspecified atom stereocenters. The van der Waals surface area contributed by atoms with E-state index in [-0.39, 0.29) is 12.0 Å². The number of rotatable bonds is 7. The number of nitrogens with one attached hydrogen (secondary N) is 1. The SMILES string of the molecule is CCN1CCCC1CNC(=O)c1csc(-c2ccc(OC(C)C)cc2)n1. The number of aromatic nitrogens is 1. The number of hydrogen-bond donors (Lipinski definition) is 1. The summed E-state index contributed by atoms with van der Waals surface area (Å²) < 4.78 is 5.66. The Kier molecular flexibility index (Phi) is 6.27. The second kappa shape index (κ2) is 8.64. The lowest BCUT2D eigenvalue weighted by Gasteiger charge is -2.22. The number of amides is 1. The maximum absolute atomic E-state index is 12.4. The van der Waals surface area contributed by atoms with Crippen LogP contribution in [0.15, 0.2) is 29.6 Å². The number of hydrogen-bond acceptors (Lipinski definition) is 5. The van der Waals surface area contributed by atoms with Crippen molar-refractivity contribution in [2.24, 2.45) is 0 Å². The Morgan fingerprint density at radius 2 is 2.15 bits per heavy atom. The molecule has 26 heavy (non-hydrogen) atoms. The fraction of sp³-hybridized carbons (Fsp3) is 0.500. The van der Waals surface area contributed by atoms with E-state index in [4.69, 9.17) is 4.74 Å². The molecule has 0 bridgehead atoms. The molecule has 1 aromatic heterocycles. The monoisotopic (exact) mass is 373 g/mol. The third kappa shape index (κ3) is 4.62. The molecule has 0 spiro atoms. The molecule has 1 aromatic carbocycles. The third-order valence-corrected chi connectivity index (χ3v) is 5.50. The van der Waals surface area contributed by atoms with E-state index in [1.165, 1.54) is 17.8 Å². The molecule has 1 aliphatic heterocycles. The van der Waals surface area contributed by atoms with Gasteiger partial charge >= 0.3 is 0 Å². The Morgan fingerprint density at radius 3 is 2.85 bits per heavy atom. The summed E-state index contributed by atoms with van der Waals surface area (Å²) >= 11 is 1.49. The highest BCUT2D eigenvalue weighted by atomic mass is 32.1. The number of likely N-dealkylation sites (tertiary alicyclic amines) is 1. The van der Waals surface area contributed by atoms with Gasteiger partial charge < -0.3 is 10.1 Å². The first kappa shape index (κ1) is 18.9. The van der Waals surface area contributed by atoms with Crippen molar-refractivity contribution in [3.63, 3.8) is 0 Å². The number of nitrogens with zero attached hydrogens (tertiary/aromatic N) is 2. The van der Waals surface area contributed by atoms with Crippen molar-refractivity contribution in [1.29, 1.82) is 0 Å². The normalized spacial score (nSPS) is 17.6. The van der Waals surface area contributed by atoms with Crippen LogP contribution in [0, 0.1) is 0 Å². The van der Waals surface area contributed by atoms with Crippen LogP contribution >= 0.6 is 11.3 Å². The maximum Gasteiger partial charge on any atom is 0.270 e. The van der Waals surface area contributed by atoms with E-state index in [0.717, 1.165) is 35.8 Å². The minimum atomic E-state index is -0.0878. The van der Waals surface area contributed by atoms with E-state index in [9.17, 15) is 4.79 Å². The molecule has 1 aliphatic rings. The maximum atomic E-state index is 12.4. The Morgan fingerprint density at radius 1 is 1.38 bits per heavy atom. The Bertz CT molecular complexity index is 727. The van der Waals surface area contributed by atoms with Gasteiger partial charge in [-0.05, 0) is 64.0 Å². The number of likely N-dealkylation sites (N-methyl/N-ethyl adjacent to an activating group) is 1.